The summed E-state index contributed by atoms with van der Waals surface area (Å²) in [5.74, 6) is 0.00754. The van der Waals surface area contributed by atoms with E-state index >= 15 is 0 Å². The Balaban J connectivity index is 1.75. The number of rotatable bonds is 4. The third kappa shape index (κ3) is 3.58. The van der Waals surface area contributed by atoms with E-state index in [1.807, 2.05) is 43.3 Å². The molecule has 2 aliphatic rings. The zero-order valence-electron chi connectivity index (χ0n) is 12.9. The van der Waals surface area contributed by atoms with E-state index in [1.54, 1.807) is 4.90 Å². The lowest BCUT2D eigenvalue weighted by Crippen LogP contribution is -2.37. The summed E-state index contributed by atoms with van der Waals surface area (Å²) in [6.07, 6.45) is 2.05. The molecule has 0 saturated carbocycles. The summed E-state index contributed by atoms with van der Waals surface area (Å²) < 4.78 is 5.40. The molecule has 2 aliphatic heterocycles. The number of hydrogen-bond donors (Lipinski definition) is 1. The fourth-order valence-electron chi connectivity index (χ4n) is 2.64. The van der Waals surface area contributed by atoms with E-state index in [-0.39, 0.29) is 5.91 Å². The zero-order valence-corrected chi connectivity index (χ0v) is 13.7. The van der Waals surface area contributed by atoms with Crippen molar-refractivity contribution in [3.8, 4) is 0 Å². The van der Waals surface area contributed by atoms with Crippen molar-refractivity contribution in [3.05, 3.63) is 58.3 Å². The first-order valence-corrected chi connectivity index (χ1v) is 8.04. The van der Waals surface area contributed by atoms with Crippen LogP contribution in [0.1, 0.15) is 23.7 Å². The lowest BCUT2D eigenvalue weighted by atomic mass is 10.0. The van der Waals surface area contributed by atoms with Crippen LogP contribution in [0.4, 0.5) is 0 Å². The van der Waals surface area contributed by atoms with Gasteiger partial charge in [-0.3, -0.25) is 10.3 Å². The summed E-state index contributed by atoms with van der Waals surface area (Å²) >= 11 is 6.37. The fraction of sp³-hybridized carbons (Fsp3) is 0.353. The SMILES string of the molecule is CCOC1C=C(C2=C(Cl)CCN(C(=O)c3ccccc3)C2)NO1. The van der Waals surface area contributed by atoms with Crippen LogP contribution in [-0.2, 0) is 9.57 Å². The van der Waals surface area contributed by atoms with Crippen LogP contribution in [0, 0.1) is 0 Å². The fourth-order valence-corrected chi connectivity index (χ4v) is 2.89. The van der Waals surface area contributed by atoms with Crippen molar-refractivity contribution in [1.29, 1.82) is 0 Å². The molecule has 0 aromatic heterocycles. The molecule has 0 saturated heterocycles. The minimum atomic E-state index is -0.424. The van der Waals surface area contributed by atoms with Crippen molar-refractivity contribution < 1.29 is 14.4 Å². The third-order valence-electron chi connectivity index (χ3n) is 3.83. The minimum absolute atomic E-state index is 0.00754. The van der Waals surface area contributed by atoms with E-state index in [0.717, 1.165) is 16.3 Å². The smallest absolute Gasteiger partial charge is 0.254 e. The van der Waals surface area contributed by atoms with Crippen LogP contribution in [0.15, 0.2) is 52.7 Å². The zero-order chi connectivity index (χ0) is 16.2. The van der Waals surface area contributed by atoms with Crippen molar-refractivity contribution in [2.75, 3.05) is 19.7 Å². The molecule has 23 heavy (non-hydrogen) atoms. The molecule has 1 aromatic carbocycles. The Bertz CT molecular complexity index is 642. The summed E-state index contributed by atoms with van der Waals surface area (Å²) in [7, 11) is 0. The first-order chi connectivity index (χ1) is 11.2. The number of benzene rings is 1. The number of hydrogen-bond acceptors (Lipinski definition) is 4. The molecule has 0 fully saturated rings. The molecule has 5 nitrogen and oxygen atoms in total. The van der Waals surface area contributed by atoms with Crippen molar-refractivity contribution in [1.82, 2.24) is 10.4 Å². The van der Waals surface area contributed by atoms with Gasteiger partial charge >= 0.3 is 0 Å². The van der Waals surface area contributed by atoms with Crippen LogP contribution >= 0.6 is 11.6 Å². The van der Waals surface area contributed by atoms with E-state index in [9.17, 15) is 4.79 Å². The second kappa shape index (κ2) is 7.17. The molecule has 1 amide bonds. The maximum atomic E-state index is 12.6. The van der Waals surface area contributed by atoms with Crippen LogP contribution in [-0.4, -0.2) is 36.8 Å². The second-order valence-corrected chi connectivity index (χ2v) is 5.81. The van der Waals surface area contributed by atoms with Gasteiger partial charge in [-0.15, -0.1) is 0 Å². The van der Waals surface area contributed by atoms with Gasteiger partial charge in [0.2, 0.25) is 6.29 Å². The molecule has 0 radical (unpaired) electrons. The molecule has 0 bridgehead atoms. The van der Waals surface area contributed by atoms with Crippen molar-refractivity contribution >= 4 is 17.5 Å². The van der Waals surface area contributed by atoms with Crippen molar-refractivity contribution in [2.45, 2.75) is 19.6 Å². The van der Waals surface area contributed by atoms with E-state index < -0.39 is 6.29 Å². The molecule has 3 rings (SSSR count). The van der Waals surface area contributed by atoms with Gasteiger partial charge in [-0.2, -0.15) is 0 Å². The molecular weight excluding hydrogens is 316 g/mol. The monoisotopic (exact) mass is 334 g/mol. The molecule has 0 aliphatic carbocycles. The van der Waals surface area contributed by atoms with Crippen LogP contribution in [0.3, 0.4) is 0 Å². The molecule has 2 heterocycles. The van der Waals surface area contributed by atoms with E-state index in [1.165, 1.54) is 0 Å². The summed E-state index contributed by atoms with van der Waals surface area (Å²) in [6.45, 7) is 3.52. The van der Waals surface area contributed by atoms with E-state index in [4.69, 9.17) is 21.2 Å². The third-order valence-corrected chi connectivity index (χ3v) is 4.25. The van der Waals surface area contributed by atoms with Crippen molar-refractivity contribution in [2.24, 2.45) is 0 Å². The average Bonchev–Trinajstić information content (AvgIpc) is 3.04. The molecule has 1 unspecified atom stereocenters. The Morgan fingerprint density at radius 2 is 2.22 bits per heavy atom. The first kappa shape index (κ1) is 16.1. The highest BCUT2D eigenvalue weighted by atomic mass is 35.5. The van der Waals surface area contributed by atoms with Crippen LogP contribution in [0.2, 0.25) is 0 Å². The van der Waals surface area contributed by atoms with Gasteiger partial charge in [0.15, 0.2) is 0 Å². The van der Waals surface area contributed by atoms with Gasteiger partial charge in [-0.1, -0.05) is 29.8 Å². The average molecular weight is 335 g/mol. The number of hydroxylamine groups is 1. The molecule has 1 atom stereocenters. The maximum absolute atomic E-state index is 12.6. The number of halogens is 1. The summed E-state index contributed by atoms with van der Waals surface area (Å²) in [5.41, 5.74) is 5.18. The van der Waals surface area contributed by atoms with Gasteiger partial charge in [0.05, 0.1) is 5.70 Å². The largest absolute Gasteiger partial charge is 0.347 e. The Labute approximate surface area is 140 Å². The molecule has 0 spiro atoms. The molecule has 1 aromatic rings. The predicted octanol–water partition coefficient (Wildman–Crippen LogP) is 2.81. The predicted molar refractivity (Wildman–Crippen MR) is 87.6 cm³/mol. The number of carbonyl (C=O) groups excluding carboxylic acids is 1. The molecule has 1 N–H and O–H groups in total. The Morgan fingerprint density at radius 1 is 1.43 bits per heavy atom. The number of nitrogens with zero attached hydrogens (tertiary/aromatic N) is 1. The Morgan fingerprint density at radius 3 is 2.96 bits per heavy atom. The highest BCUT2D eigenvalue weighted by Crippen LogP contribution is 2.28. The van der Waals surface area contributed by atoms with Gasteiger partial charge in [0.25, 0.3) is 5.91 Å². The highest BCUT2D eigenvalue weighted by molar-refractivity contribution is 6.30. The van der Waals surface area contributed by atoms with Gasteiger partial charge in [-0.05, 0) is 25.1 Å². The Kier molecular flexibility index (Phi) is 5.00. The van der Waals surface area contributed by atoms with E-state index in [2.05, 4.69) is 5.48 Å². The molecule has 122 valence electrons. The molecule has 6 heteroatoms. The number of nitrogens with one attached hydrogen (secondary N) is 1. The van der Waals surface area contributed by atoms with Gasteiger partial charge in [0, 0.05) is 42.3 Å². The van der Waals surface area contributed by atoms with Crippen LogP contribution in [0.25, 0.3) is 0 Å². The number of ether oxygens (including phenoxy) is 1. The normalized spacial score (nSPS) is 21.2. The van der Waals surface area contributed by atoms with Gasteiger partial charge in [0.1, 0.15) is 0 Å². The quantitative estimate of drug-likeness (QED) is 0.920. The Hall–Kier alpha value is -1.82. The summed E-state index contributed by atoms with van der Waals surface area (Å²) in [4.78, 5) is 19.7. The van der Waals surface area contributed by atoms with E-state index in [0.29, 0.717) is 31.7 Å². The second-order valence-electron chi connectivity index (χ2n) is 5.35. The topological polar surface area (TPSA) is 50.8 Å². The molecular formula is C17H19ClN2O3. The lowest BCUT2D eigenvalue weighted by Gasteiger charge is -2.29. The van der Waals surface area contributed by atoms with Crippen LogP contribution < -0.4 is 5.48 Å². The highest BCUT2D eigenvalue weighted by Gasteiger charge is 2.28. The lowest BCUT2D eigenvalue weighted by molar-refractivity contribution is -0.124. The standard InChI is InChI=1S/C17H19ClN2O3/c1-2-22-16-10-15(19-23-16)13-11-20(9-8-14(13)18)17(21)12-6-4-3-5-7-12/h3-7,10,16,19H,2,8-9,11H2,1H3. The van der Waals surface area contributed by atoms with Gasteiger partial charge in [-0.25, -0.2) is 4.84 Å². The number of amides is 1. The summed E-state index contributed by atoms with van der Waals surface area (Å²) in [5, 5.41) is 0.751. The minimum Gasteiger partial charge on any atom is -0.347 e. The summed E-state index contributed by atoms with van der Waals surface area (Å²) in [6, 6.07) is 9.27. The van der Waals surface area contributed by atoms with Crippen LogP contribution in [0.5, 0.6) is 0 Å². The van der Waals surface area contributed by atoms with Gasteiger partial charge < -0.3 is 9.64 Å². The number of carbonyl (C=O) groups is 1. The maximum Gasteiger partial charge on any atom is 0.254 e. The van der Waals surface area contributed by atoms with Crippen molar-refractivity contribution in [3.63, 3.8) is 0 Å². The first-order valence-electron chi connectivity index (χ1n) is 7.66.